The number of amides is 1. The Hall–Kier alpha value is -0.650. The van der Waals surface area contributed by atoms with Crippen molar-refractivity contribution in [1.82, 2.24) is 4.98 Å². The van der Waals surface area contributed by atoms with Gasteiger partial charge in [-0.1, -0.05) is 26.7 Å². The van der Waals surface area contributed by atoms with Gasteiger partial charge in [-0.2, -0.15) is 0 Å². The molecular formula is C15H21IN2O. The van der Waals surface area contributed by atoms with Crippen molar-refractivity contribution in [2.75, 3.05) is 5.32 Å². The summed E-state index contributed by atoms with van der Waals surface area (Å²) in [5.41, 5.74) is -0.168. The van der Waals surface area contributed by atoms with Crippen LogP contribution >= 0.6 is 22.6 Å². The number of nitrogens with one attached hydrogen (secondary N) is 1. The maximum absolute atomic E-state index is 12.6. The highest BCUT2D eigenvalue weighted by atomic mass is 127. The Morgan fingerprint density at radius 3 is 2.63 bits per heavy atom. The van der Waals surface area contributed by atoms with Gasteiger partial charge in [0.15, 0.2) is 0 Å². The molecule has 1 heterocycles. The number of carbonyl (C=O) groups excluding carboxylic acids is 1. The average molecular weight is 372 g/mol. The van der Waals surface area contributed by atoms with Crippen LogP contribution in [0.1, 0.15) is 46.0 Å². The van der Waals surface area contributed by atoms with Gasteiger partial charge in [-0.05, 0) is 59.9 Å². The Morgan fingerprint density at radius 2 is 2.11 bits per heavy atom. The van der Waals surface area contributed by atoms with E-state index in [1.807, 2.05) is 12.1 Å². The van der Waals surface area contributed by atoms with Crippen LogP contribution in [0.5, 0.6) is 0 Å². The van der Waals surface area contributed by atoms with Crippen molar-refractivity contribution in [3.8, 4) is 0 Å². The van der Waals surface area contributed by atoms with E-state index in [1.165, 1.54) is 12.8 Å². The number of halogens is 1. The molecule has 1 N–H and O–H groups in total. The summed E-state index contributed by atoms with van der Waals surface area (Å²) >= 11 is 2.21. The first kappa shape index (κ1) is 14.8. The predicted molar refractivity (Wildman–Crippen MR) is 85.9 cm³/mol. The molecule has 0 spiro atoms. The van der Waals surface area contributed by atoms with E-state index in [4.69, 9.17) is 0 Å². The van der Waals surface area contributed by atoms with Gasteiger partial charge in [0, 0.05) is 15.2 Å². The van der Waals surface area contributed by atoms with Crippen molar-refractivity contribution in [1.29, 1.82) is 0 Å². The molecule has 1 aromatic heterocycles. The zero-order valence-electron chi connectivity index (χ0n) is 11.6. The van der Waals surface area contributed by atoms with Crippen molar-refractivity contribution < 1.29 is 4.79 Å². The van der Waals surface area contributed by atoms with Gasteiger partial charge in [0.05, 0.1) is 0 Å². The van der Waals surface area contributed by atoms with E-state index in [0.29, 0.717) is 11.7 Å². The molecule has 1 saturated carbocycles. The second-order valence-corrected chi connectivity index (χ2v) is 7.15. The van der Waals surface area contributed by atoms with E-state index >= 15 is 0 Å². The number of anilines is 1. The minimum absolute atomic E-state index is 0.160. The molecule has 19 heavy (non-hydrogen) atoms. The Kier molecular flexibility index (Phi) is 4.81. The summed E-state index contributed by atoms with van der Waals surface area (Å²) in [4.78, 5) is 16.9. The van der Waals surface area contributed by atoms with E-state index in [2.05, 4.69) is 46.7 Å². The van der Waals surface area contributed by atoms with Gasteiger partial charge in [0.2, 0.25) is 5.91 Å². The summed E-state index contributed by atoms with van der Waals surface area (Å²) in [5, 5.41) is 3.00. The van der Waals surface area contributed by atoms with Gasteiger partial charge < -0.3 is 5.32 Å². The first-order chi connectivity index (χ1) is 9.02. The Bertz CT molecular complexity index is 436. The minimum Gasteiger partial charge on any atom is -0.310 e. The number of rotatable bonds is 4. The smallest absolute Gasteiger partial charge is 0.231 e. The van der Waals surface area contributed by atoms with Crippen LogP contribution in [0.2, 0.25) is 0 Å². The molecule has 0 aliphatic heterocycles. The lowest BCUT2D eigenvalue weighted by Gasteiger charge is -2.29. The van der Waals surface area contributed by atoms with Crippen LogP contribution in [0.4, 0.5) is 5.82 Å². The molecule has 0 radical (unpaired) electrons. The van der Waals surface area contributed by atoms with E-state index in [1.54, 1.807) is 6.20 Å². The molecule has 0 aromatic carbocycles. The third-order valence-corrected chi connectivity index (χ3v) is 4.45. The average Bonchev–Trinajstić information content (AvgIpc) is 2.81. The largest absolute Gasteiger partial charge is 0.310 e. The zero-order valence-corrected chi connectivity index (χ0v) is 13.7. The zero-order chi connectivity index (χ0) is 13.9. The maximum Gasteiger partial charge on any atom is 0.231 e. The van der Waals surface area contributed by atoms with Crippen LogP contribution in [-0.4, -0.2) is 10.9 Å². The standard InChI is InChI=1S/C15H21IN2O/c1-11(2)9-15(7-3-4-8-15)14(19)18-13-6-5-12(16)10-17-13/h5-6,10-11H,3-4,7-9H2,1-2H3,(H,17,18,19). The molecular weight excluding hydrogens is 351 g/mol. The molecule has 3 nitrogen and oxygen atoms in total. The van der Waals surface area contributed by atoms with Crippen LogP contribution in [0.25, 0.3) is 0 Å². The molecule has 0 saturated heterocycles. The molecule has 1 aliphatic rings. The minimum atomic E-state index is -0.168. The van der Waals surface area contributed by atoms with Crippen molar-refractivity contribution in [2.24, 2.45) is 11.3 Å². The molecule has 1 aromatic rings. The predicted octanol–water partition coefficient (Wildman–Crippen LogP) is 4.23. The molecule has 1 aliphatic carbocycles. The highest BCUT2D eigenvalue weighted by Gasteiger charge is 2.41. The Labute approximate surface area is 128 Å². The summed E-state index contributed by atoms with van der Waals surface area (Å²) in [6, 6.07) is 3.84. The van der Waals surface area contributed by atoms with Gasteiger partial charge in [-0.15, -0.1) is 0 Å². The second kappa shape index (κ2) is 6.20. The van der Waals surface area contributed by atoms with Crippen LogP contribution in [0.3, 0.4) is 0 Å². The molecule has 0 bridgehead atoms. The maximum atomic E-state index is 12.6. The van der Waals surface area contributed by atoms with Crippen LogP contribution < -0.4 is 5.32 Å². The van der Waals surface area contributed by atoms with Crippen molar-refractivity contribution in [2.45, 2.75) is 46.0 Å². The summed E-state index contributed by atoms with van der Waals surface area (Å²) in [5.74, 6) is 1.38. The van der Waals surface area contributed by atoms with Gasteiger partial charge >= 0.3 is 0 Å². The molecule has 1 fully saturated rings. The lowest BCUT2D eigenvalue weighted by Crippen LogP contribution is -2.35. The first-order valence-corrected chi connectivity index (χ1v) is 8.03. The van der Waals surface area contributed by atoms with Gasteiger partial charge in [0.1, 0.15) is 5.82 Å². The second-order valence-electron chi connectivity index (χ2n) is 5.90. The molecule has 104 valence electrons. The molecule has 2 rings (SSSR count). The first-order valence-electron chi connectivity index (χ1n) is 6.95. The summed E-state index contributed by atoms with van der Waals surface area (Å²) < 4.78 is 1.08. The number of hydrogen-bond donors (Lipinski definition) is 1. The number of hydrogen-bond acceptors (Lipinski definition) is 2. The van der Waals surface area contributed by atoms with E-state index in [-0.39, 0.29) is 11.3 Å². The molecule has 0 atom stereocenters. The van der Waals surface area contributed by atoms with Crippen molar-refractivity contribution in [3.05, 3.63) is 21.9 Å². The molecule has 0 unspecified atom stereocenters. The fourth-order valence-corrected chi connectivity index (χ4v) is 3.37. The highest BCUT2D eigenvalue weighted by Crippen LogP contribution is 2.43. The topological polar surface area (TPSA) is 42.0 Å². The quantitative estimate of drug-likeness (QED) is 0.804. The Morgan fingerprint density at radius 1 is 1.42 bits per heavy atom. The number of pyridine rings is 1. The fraction of sp³-hybridized carbons (Fsp3) is 0.600. The third kappa shape index (κ3) is 3.68. The van der Waals surface area contributed by atoms with Crippen LogP contribution in [0.15, 0.2) is 18.3 Å². The van der Waals surface area contributed by atoms with E-state index in [0.717, 1.165) is 22.8 Å². The third-order valence-electron chi connectivity index (χ3n) is 3.81. The Balaban J connectivity index is 2.09. The number of aromatic nitrogens is 1. The van der Waals surface area contributed by atoms with Crippen LogP contribution in [0, 0.1) is 14.9 Å². The van der Waals surface area contributed by atoms with Gasteiger partial charge in [0.25, 0.3) is 0 Å². The highest BCUT2D eigenvalue weighted by molar-refractivity contribution is 14.1. The summed E-state index contributed by atoms with van der Waals surface area (Å²) in [6.45, 7) is 4.38. The van der Waals surface area contributed by atoms with E-state index in [9.17, 15) is 4.79 Å². The number of nitrogens with zero attached hydrogens (tertiary/aromatic N) is 1. The van der Waals surface area contributed by atoms with E-state index < -0.39 is 0 Å². The lowest BCUT2D eigenvalue weighted by atomic mass is 9.77. The SMILES string of the molecule is CC(C)CC1(C(=O)Nc2ccc(I)cn2)CCCC1. The summed E-state index contributed by atoms with van der Waals surface area (Å²) in [6.07, 6.45) is 7.12. The molecule has 1 amide bonds. The molecule has 4 heteroatoms. The van der Waals surface area contributed by atoms with Crippen LogP contribution in [-0.2, 0) is 4.79 Å². The lowest BCUT2D eigenvalue weighted by molar-refractivity contribution is -0.126. The normalized spacial score (nSPS) is 17.7. The fourth-order valence-electron chi connectivity index (χ4n) is 3.06. The monoisotopic (exact) mass is 372 g/mol. The van der Waals surface area contributed by atoms with Gasteiger partial charge in [-0.25, -0.2) is 4.98 Å². The summed E-state index contributed by atoms with van der Waals surface area (Å²) in [7, 11) is 0. The van der Waals surface area contributed by atoms with Gasteiger partial charge in [-0.3, -0.25) is 4.79 Å². The number of carbonyl (C=O) groups is 1. The van der Waals surface area contributed by atoms with Crippen molar-refractivity contribution >= 4 is 34.3 Å². The van der Waals surface area contributed by atoms with Crippen molar-refractivity contribution in [3.63, 3.8) is 0 Å².